The summed E-state index contributed by atoms with van der Waals surface area (Å²) in [6.45, 7) is 2.92. The molecule has 2 N–H and O–H groups in total. The summed E-state index contributed by atoms with van der Waals surface area (Å²) in [6.07, 6.45) is 3.16. The van der Waals surface area contributed by atoms with Gasteiger partial charge in [0.05, 0.1) is 7.11 Å². The van der Waals surface area contributed by atoms with Crippen LogP contribution in [0.25, 0.3) is 10.9 Å². The number of methoxy groups -OCH3 is 1. The fourth-order valence-electron chi connectivity index (χ4n) is 2.91. The largest absolute Gasteiger partial charge is 0.497 e. The van der Waals surface area contributed by atoms with E-state index in [0.717, 1.165) is 29.8 Å². The van der Waals surface area contributed by atoms with Crippen molar-refractivity contribution in [1.82, 2.24) is 10.0 Å². The fourth-order valence-corrected chi connectivity index (χ4v) is 3.04. The quantitative estimate of drug-likeness (QED) is 0.546. The minimum atomic E-state index is 0.326. The number of fused-ring (bicyclic) bond motifs is 1. The minimum Gasteiger partial charge on any atom is -0.497 e. The van der Waals surface area contributed by atoms with Crippen LogP contribution in [-0.4, -0.2) is 21.9 Å². The van der Waals surface area contributed by atoms with E-state index in [1.54, 1.807) is 7.11 Å². The van der Waals surface area contributed by atoms with Crippen molar-refractivity contribution in [3.63, 3.8) is 0 Å². The first kappa shape index (κ1) is 16.5. The van der Waals surface area contributed by atoms with Gasteiger partial charge in [0, 0.05) is 29.2 Å². The molecule has 0 aliphatic carbocycles. The summed E-state index contributed by atoms with van der Waals surface area (Å²) >= 11 is 5.14. The Kier molecular flexibility index (Phi) is 4.83. The molecule has 0 atom stereocenters. The Morgan fingerprint density at radius 2 is 1.96 bits per heavy atom. The Hall–Kier alpha value is -2.37. The van der Waals surface area contributed by atoms with E-state index in [4.69, 9.17) is 22.2 Å². The lowest BCUT2D eigenvalue weighted by Gasteiger charge is -2.08. The van der Waals surface area contributed by atoms with Gasteiger partial charge < -0.3 is 9.30 Å². The predicted molar refractivity (Wildman–Crippen MR) is 100 cm³/mol. The molecule has 24 heavy (non-hydrogen) atoms. The molecule has 5 heteroatoms. The minimum absolute atomic E-state index is 0.326. The van der Waals surface area contributed by atoms with Crippen molar-refractivity contribution < 1.29 is 9.94 Å². The second kappa shape index (κ2) is 7.03. The lowest BCUT2D eigenvalue weighted by molar-refractivity contribution is 0.238. The topological polar surface area (TPSA) is 46.4 Å². The normalized spacial score (nSPS) is 10.8. The summed E-state index contributed by atoms with van der Waals surface area (Å²) in [5.74, 6) is 0.854. The molecule has 0 amide bonds. The molecule has 0 spiro atoms. The van der Waals surface area contributed by atoms with Crippen LogP contribution in [-0.2, 0) is 13.0 Å². The third-order valence-corrected chi connectivity index (χ3v) is 4.55. The summed E-state index contributed by atoms with van der Waals surface area (Å²) in [6, 6.07) is 14.1. The molecule has 0 aliphatic heterocycles. The van der Waals surface area contributed by atoms with Crippen LogP contribution < -0.4 is 10.2 Å². The van der Waals surface area contributed by atoms with E-state index >= 15 is 0 Å². The highest BCUT2D eigenvalue weighted by molar-refractivity contribution is 7.80. The number of aryl methyl sites for hydroxylation is 1. The number of aromatic nitrogens is 1. The van der Waals surface area contributed by atoms with Crippen LogP contribution in [0.15, 0.2) is 48.7 Å². The van der Waals surface area contributed by atoms with Crippen molar-refractivity contribution in [2.75, 3.05) is 7.11 Å². The summed E-state index contributed by atoms with van der Waals surface area (Å²) in [5.41, 5.74) is 6.47. The molecule has 0 radical (unpaired) electrons. The Balaban J connectivity index is 2.03. The molecule has 2 aromatic carbocycles. The van der Waals surface area contributed by atoms with E-state index < -0.39 is 0 Å². The smallest absolute Gasteiger partial charge is 0.130 e. The van der Waals surface area contributed by atoms with Crippen molar-refractivity contribution in [1.29, 1.82) is 0 Å². The molecule has 4 nitrogen and oxygen atoms in total. The number of rotatable bonds is 5. The van der Waals surface area contributed by atoms with Gasteiger partial charge in [0.25, 0.3) is 0 Å². The van der Waals surface area contributed by atoms with Gasteiger partial charge in [-0.15, -0.1) is 0 Å². The maximum absolute atomic E-state index is 9.06. The summed E-state index contributed by atoms with van der Waals surface area (Å²) in [4.78, 5) is 0.326. The Bertz CT molecular complexity index is 869. The van der Waals surface area contributed by atoms with E-state index in [1.165, 1.54) is 16.5 Å². The van der Waals surface area contributed by atoms with Crippen LogP contribution in [0.1, 0.15) is 23.6 Å². The molecule has 3 rings (SSSR count). The van der Waals surface area contributed by atoms with Crippen molar-refractivity contribution in [2.45, 2.75) is 19.9 Å². The Morgan fingerprint density at radius 3 is 2.58 bits per heavy atom. The number of benzene rings is 2. The van der Waals surface area contributed by atoms with E-state index in [1.807, 2.05) is 24.3 Å². The number of thiocarbonyl (C=S) groups is 1. The highest BCUT2D eigenvalue weighted by atomic mass is 32.1. The first-order valence-corrected chi connectivity index (χ1v) is 8.26. The van der Waals surface area contributed by atoms with Crippen LogP contribution >= 0.6 is 12.2 Å². The number of ether oxygens (including phenoxy) is 1. The maximum Gasteiger partial charge on any atom is 0.130 e. The van der Waals surface area contributed by atoms with Crippen LogP contribution in [0.5, 0.6) is 5.75 Å². The van der Waals surface area contributed by atoms with E-state index in [2.05, 4.69) is 41.4 Å². The number of hydrogen-bond donors (Lipinski definition) is 2. The summed E-state index contributed by atoms with van der Waals surface area (Å²) < 4.78 is 7.44. The van der Waals surface area contributed by atoms with Crippen LogP contribution in [0.3, 0.4) is 0 Å². The molecule has 3 aromatic rings. The second-order valence-electron chi connectivity index (χ2n) is 5.66. The van der Waals surface area contributed by atoms with Crippen molar-refractivity contribution in [3.05, 3.63) is 65.4 Å². The molecule has 0 bridgehead atoms. The second-order valence-corrected chi connectivity index (χ2v) is 6.06. The zero-order valence-electron chi connectivity index (χ0n) is 13.7. The average Bonchev–Trinajstić information content (AvgIpc) is 2.98. The predicted octanol–water partition coefficient (Wildman–Crippen LogP) is 3.91. The summed E-state index contributed by atoms with van der Waals surface area (Å²) in [5, 5.41) is 10.3. The molecule has 0 unspecified atom stereocenters. The van der Waals surface area contributed by atoms with Gasteiger partial charge in [-0.1, -0.05) is 43.4 Å². The molecule has 1 heterocycles. The highest BCUT2D eigenvalue weighted by Gasteiger charge is 2.10. The SMILES string of the molecule is CCc1cn(Cc2ccc(OC)cc2)c2cc(C(=S)NO)ccc12. The van der Waals surface area contributed by atoms with Gasteiger partial charge in [-0.3, -0.25) is 10.7 Å². The van der Waals surface area contributed by atoms with Gasteiger partial charge in [0.15, 0.2) is 0 Å². The average molecular weight is 340 g/mol. The lowest BCUT2D eigenvalue weighted by Crippen LogP contribution is -2.17. The van der Waals surface area contributed by atoms with Gasteiger partial charge in [-0.25, -0.2) is 0 Å². The molecule has 0 aliphatic rings. The Morgan fingerprint density at radius 1 is 1.21 bits per heavy atom. The monoisotopic (exact) mass is 340 g/mol. The van der Waals surface area contributed by atoms with E-state index in [0.29, 0.717) is 4.99 Å². The zero-order valence-corrected chi connectivity index (χ0v) is 14.6. The first-order valence-electron chi connectivity index (χ1n) is 7.85. The Labute approximate surface area is 146 Å². The molecular formula is C19H20N2O2S. The number of nitrogens with zero attached hydrogens (tertiary/aromatic N) is 1. The van der Waals surface area contributed by atoms with Gasteiger partial charge in [0.1, 0.15) is 10.7 Å². The zero-order chi connectivity index (χ0) is 17.1. The van der Waals surface area contributed by atoms with E-state index in [-0.39, 0.29) is 0 Å². The van der Waals surface area contributed by atoms with Gasteiger partial charge in [-0.05, 0) is 35.7 Å². The molecule has 0 saturated carbocycles. The van der Waals surface area contributed by atoms with E-state index in [9.17, 15) is 0 Å². The van der Waals surface area contributed by atoms with Crippen LogP contribution in [0, 0.1) is 0 Å². The van der Waals surface area contributed by atoms with Crippen molar-refractivity contribution in [2.24, 2.45) is 0 Å². The van der Waals surface area contributed by atoms with Crippen LogP contribution in [0.4, 0.5) is 0 Å². The number of nitrogens with one attached hydrogen (secondary N) is 1. The first-order chi connectivity index (χ1) is 11.7. The standard InChI is InChI=1S/C19H20N2O2S/c1-3-14-12-21(11-13-4-7-16(23-2)8-5-13)18-10-15(19(24)20-22)6-9-17(14)18/h4-10,12,22H,3,11H2,1-2H3,(H,20,24). The molecule has 0 fully saturated rings. The maximum atomic E-state index is 9.06. The third-order valence-electron chi connectivity index (χ3n) is 4.22. The fraction of sp³-hybridized carbons (Fsp3) is 0.211. The van der Waals surface area contributed by atoms with Gasteiger partial charge >= 0.3 is 0 Å². The molecular weight excluding hydrogens is 320 g/mol. The highest BCUT2D eigenvalue weighted by Crippen LogP contribution is 2.25. The molecule has 1 aromatic heterocycles. The number of hydroxylamine groups is 1. The lowest BCUT2D eigenvalue weighted by atomic mass is 10.1. The summed E-state index contributed by atoms with van der Waals surface area (Å²) in [7, 11) is 1.67. The van der Waals surface area contributed by atoms with Crippen molar-refractivity contribution in [3.8, 4) is 5.75 Å². The number of hydrogen-bond acceptors (Lipinski definition) is 3. The molecule has 124 valence electrons. The molecule has 0 saturated heterocycles. The van der Waals surface area contributed by atoms with Crippen molar-refractivity contribution >= 4 is 28.1 Å². The third kappa shape index (κ3) is 3.13. The van der Waals surface area contributed by atoms with Crippen LogP contribution in [0.2, 0.25) is 0 Å². The van der Waals surface area contributed by atoms with Gasteiger partial charge in [-0.2, -0.15) is 0 Å². The van der Waals surface area contributed by atoms with Gasteiger partial charge in [0.2, 0.25) is 0 Å².